The summed E-state index contributed by atoms with van der Waals surface area (Å²) in [6.07, 6.45) is 0. The Morgan fingerprint density at radius 1 is 1.03 bits per heavy atom. The van der Waals surface area contributed by atoms with Crippen LogP contribution in [0.25, 0.3) is 22.6 Å². The number of benzene rings is 3. The molecule has 0 spiro atoms. The van der Waals surface area contributed by atoms with E-state index >= 15 is 0 Å². The fourth-order valence-electron chi connectivity index (χ4n) is 2.96. The normalized spacial score (nSPS) is 10.7. The van der Waals surface area contributed by atoms with E-state index < -0.39 is 0 Å². The number of hydrogen-bond acceptors (Lipinski definition) is 4. The first-order chi connectivity index (χ1) is 14.0. The highest BCUT2D eigenvalue weighted by Crippen LogP contribution is 2.30. The quantitative estimate of drug-likeness (QED) is 0.380. The Labute approximate surface area is 181 Å². The van der Waals surface area contributed by atoms with Crippen LogP contribution in [0.1, 0.15) is 15.9 Å². The molecule has 0 aliphatic heterocycles. The molecule has 1 heterocycles. The van der Waals surface area contributed by atoms with Gasteiger partial charge < -0.3 is 9.73 Å². The second kappa shape index (κ2) is 8.14. The van der Waals surface area contributed by atoms with Crippen molar-refractivity contribution in [3.63, 3.8) is 0 Å². The van der Waals surface area contributed by atoms with Gasteiger partial charge in [-0.2, -0.15) is 0 Å². The second-order valence-corrected chi connectivity index (χ2v) is 7.62. The number of para-hydroxylation sites is 2. The Bertz CT molecular complexity index is 1200. The number of halogens is 1. The van der Waals surface area contributed by atoms with Crippen molar-refractivity contribution in [1.29, 1.82) is 0 Å². The number of nitrogens with zero attached hydrogens (tertiary/aromatic N) is 1. The average molecular weight is 466 g/mol. The molecule has 2 N–H and O–H groups in total. The van der Waals surface area contributed by atoms with Crippen LogP contribution >= 0.6 is 28.1 Å². The molecule has 0 atom stereocenters. The van der Waals surface area contributed by atoms with Gasteiger partial charge in [-0.1, -0.05) is 30.3 Å². The largest absolute Gasteiger partial charge is 0.436 e. The molecule has 144 valence electrons. The number of thiocarbonyl (C=S) groups is 1. The minimum atomic E-state index is -0.289. The lowest BCUT2D eigenvalue weighted by molar-refractivity contribution is 0.0977. The Balaban J connectivity index is 1.55. The van der Waals surface area contributed by atoms with E-state index in [2.05, 4.69) is 31.5 Å². The molecule has 29 heavy (non-hydrogen) atoms. The highest BCUT2D eigenvalue weighted by molar-refractivity contribution is 9.10. The molecule has 5 nitrogen and oxygen atoms in total. The minimum Gasteiger partial charge on any atom is -0.436 e. The van der Waals surface area contributed by atoms with Crippen molar-refractivity contribution in [3.05, 3.63) is 82.3 Å². The molecule has 0 unspecified atom stereocenters. The van der Waals surface area contributed by atoms with E-state index in [1.807, 2.05) is 55.5 Å². The first-order valence-corrected chi connectivity index (χ1v) is 10.1. The zero-order chi connectivity index (χ0) is 20.4. The zero-order valence-electron chi connectivity index (χ0n) is 15.4. The number of fused-ring (bicyclic) bond motifs is 1. The van der Waals surface area contributed by atoms with Gasteiger partial charge in [0.1, 0.15) is 5.52 Å². The van der Waals surface area contributed by atoms with Crippen molar-refractivity contribution < 1.29 is 9.21 Å². The molecule has 3 aromatic carbocycles. The summed E-state index contributed by atoms with van der Waals surface area (Å²) in [5.41, 5.74) is 4.58. The number of rotatable bonds is 3. The SMILES string of the molecule is Cc1c(NC(=S)NC(=O)c2ccccc2Br)cccc1-c1nc2ccccc2o1. The standard InChI is InChI=1S/C22H16BrN3O2S/c1-13-14(21-24-18-10-4-5-12-19(18)28-21)8-6-11-17(13)25-22(29)26-20(27)15-7-2-3-9-16(15)23/h2-12H,1H3,(H2,25,26,27,29). The molecule has 0 fully saturated rings. The maximum absolute atomic E-state index is 12.4. The van der Waals surface area contributed by atoms with Crippen LogP contribution in [-0.2, 0) is 0 Å². The van der Waals surface area contributed by atoms with Crippen LogP contribution in [0.5, 0.6) is 0 Å². The number of nitrogens with one attached hydrogen (secondary N) is 2. The molecule has 0 bridgehead atoms. The van der Waals surface area contributed by atoms with Gasteiger partial charge in [0.15, 0.2) is 10.7 Å². The predicted octanol–water partition coefficient (Wildman–Crippen LogP) is 5.69. The summed E-state index contributed by atoms with van der Waals surface area (Å²) in [7, 11) is 0. The van der Waals surface area contributed by atoms with Gasteiger partial charge in [-0.25, -0.2) is 4.98 Å². The predicted molar refractivity (Wildman–Crippen MR) is 122 cm³/mol. The summed E-state index contributed by atoms with van der Waals surface area (Å²) < 4.78 is 6.59. The van der Waals surface area contributed by atoms with Crippen molar-refractivity contribution in [1.82, 2.24) is 10.3 Å². The Morgan fingerprint density at radius 2 is 1.79 bits per heavy atom. The summed E-state index contributed by atoms with van der Waals surface area (Å²) in [5.74, 6) is 0.248. The first-order valence-electron chi connectivity index (χ1n) is 8.85. The highest BCUT2D eigenvalue weighted by atomic mass is 79.9. The monoisotopic (exact) mass is 465 g/mol. The summed E-state index contributed by atoms with van der Waals surface area (Å²) in [6.45, 7) is 1.95. The summed E-state index contributed by atoms with van der Waals surface area (Å²) >= 11 is 8.70. The topological polar surface area (TPSA) is 67.2 Å². The lowest BCUT2D eigenvalue weighted by Gasteiger charge is -2.13. The van der Waals surface area contributed by atoms with Gasteiger partial charge >= 0.3 is 0 Å². The molecular formula is C22H16BrN3O2S. The lowest BCUT2D eigenvalue weighted by Crippen LogP contribution is -2.34. The first kappa shape index (κ1) is 19.3. The molecule has 0 saturated heterocycles. The number of oxazole rings is 1. The van der Waals surface area contributed by atoms with Crippen molar-refractivity contribution in [2.75, 3.05) is 5.32 Å². The second-order valence-electron chi connectivity index (χ2n) is 6.35. The molecule has 7 heteroatoms. The molecule has 4 rings (SSSR count). The van der Waals surface area contributed by atoms with Gasteiger partial charge in [0, 0.05) is 15.7 Å². The number of amides is 1. The van der Waals surface area contributed by atoms with Crippen LogP contribution in [0.4, 0.5) is 5.69 Å². The van der Waals surface area contributed by atoms with Gasteiger partial charge in [-0.05, 0) is 77.0 Å². The number of hydrogen-bond donors (Lipinski definition) is 2. The van der Waals surface area contributed by atoms with E-state index in [1.54, 1.807) is 18.2 Å². The molecule has 1 aromatic heterocycles. The number of aromatic nitrogens is 1. The molecule has 0 saturated carbocycles. The number of carbonyl (C=O) groups excluding carboxylic acids is 1. The summed E-state index contributed by atoms with van der Waals surface area (Å²) in [5, 5.41) is 6.01. The van der Waals surface area contributed by atoms with E-state index in [4.69, 9.17) is 16.6 Å². The fraction of sp³-hybridized carbons (Fsp3) is 0.0455. The van der Waals surface area contributed by atoms with Crippen LogP contribution in [0.3, 0.4) is 0 Å². The van der Waals surface area contributed by atoms with Crippen LogP contribution in [-0.4, -0.2) is 16.0 Å². The third-order valence-corrected chi connectivity index (χ3v) is 5.35. The third kappa shape index (κ3) is 4.06. The molecule has 4 aromatic rings. The summed E-state index contributed by atoms with van der Waals surface area (Å²) in [6, 6.07) is 20.5. The number of carbonyl (C=O) groups is 1. The van der Waals surface area contributed by atoms with Crippen LogP contribution in [0, 0.1) is 6.92 Å². The van der Waals surface area contributed by atoms with Crippen molar-refractivity contribution in [2.45, 2.75) is 6.92 Å². The molecule has 0 aliphatic carbocycles. The summed E-state index contributed by atoms with van der Waals surface area (Å²) in [4.78, 5) is 17.0. The average Bonchev–Trinajstić information content (AvgIpc) is 3.13. The van der Waals surface area contributed by atoms with Crippen molar-refractivity contribution in [3.8, 4) is 11.5 Å². The molecule has 0 radical (unpaired) electrons. The Kier molecular flexibility index (Phi) is 5.42. The Morgan fingerprint density at radius 3 is 2.59 bits per heavy atom. The fourth-order valence-corrected chi connectivity index (χ4v) is 3.63. The van der Waals surface area contributed by atoms with E-state index in [9.17, 15) is 4.79 Å². The van der Waals surface area contributed by atoms with Crippen LogP contribution < -0.4 is 10.6 Å². The zero-order valence-corrected chi connectivity index (χ0v) is 17.8. The maximum atomic E-state index is 12.4. The van der Waals surface area contributed by atoms with Gasteiger partial charge in [0.2, 0.25) is 5.89 Å². The third-order valence-electron chi connectivity index (χ3n) is 4.45. The maximum Gasteiger partial charge on any atom is 0.258 e. The van der Waals surface area contributed by atoms with E-state index in [-0.39, 0.29) is 11.0 Å². The molecular weight excluding hydrogens is 450 g/mol. The van der Waals surface area contributed by atoms with Crippen molar-refractivity contribution in [2.24, 2.45) is 0 Å². The van der Waals surface area contributed by atoms with E-state index in [0.29, 0.717) is 15.9 Å². The lowest BCUT2D eigenvalue weighted by atomic mass is 10.1. The van der Waals surface area contributed by atoms with Crippen molar-refractivity contribution >= 4 is 56.0 Å². The number of anilines is 1. The van der Waals surface area contributed by atoms with E-state index in [0.717, 1.165) is 27.9 Å². The van der Waals surface area contributed by atoms with Gasteiger partial charge in [0.05, 0.1) is 5.56 Å². The van der Waals surface area contributed by atoms with Gasteiger partial charge in [0.25, 0.3) is 5.91 Å². The molecule has 0 aliphatic rings. The van der Waals surface area contributed by atoms with Gasteiger partial charge in [-0.3, -0.25) is 10.1 Å². The van der Waals surface area contributed by atoms with E-state index in [1.165, 1.54) is 0 Å². The Hall–Kier alpha value is -3.03. The van der Waals surface area contributed by atoms with Crippen LogP contribution in [0.2, 0.25) is 0 Å². The van der Waals surface area contributed by atoms with Gasteiger partial charge in [-0.15, -0.1) is 0 Å². The molecule has 1 amide bonds. The smallest absolute Gasteiger partial charge is 0.258 e. The van der Waals surface area contributed by atoms with Crippen LogP contribution in [0.15, 0.2) is 75.6 Å². The minimum absolute atomic E-state index is 0.212. The highest BCUT2D eigenvalue weighted by Gasteiger charge is 2.15.